The molecule has 0 aromatic heterocycles. The summed E-state index contributed by atoms with van der Waals surface area (Å²) in [6.07, 6.45) is 6.85. The smallest absolute Gasteiger partial charge is 0.310 e. The lowest BCUT2D eigenvalue weighted by Crippen LogP contribution is -2.27. The van der Waals surface area contributed by atoms with Crippen molar-refractivity contribution in [1.29, 1.82) is 0 Å². The second-order valence-electron chi connectivity index (χ2n) is 4.50. The molecule has 1 rings (SSSR count). The van der Waals surface area contributed by atoms with E-state index in [9.17, 15) is 4.79 Å². The van der Waals surface area contributed by atoms with E-state index in [4.69, 9.17) is 10.5 Å². The topological polar surface area (TPSA) is 52.3 Å². The fourth-order valence-electron chi connectivity index (χ4n) is 2.18. The van der Waals surface area contributed by atoms with Gasteiger partial charge in [0.1, 0.15) is 0 Å². The third-order valence-corrected chi connectivity index (χ3v) is 3.19. The van der Waals surface area contributed by atoms with Gasteiger partial charge in [0.05, 0.1) is 12.5 Å². The zero-order valence-electron chi connectivity index (χ0n) is 9.71. The van der Waals surface area contributed by atoms with Crippen LogP contribution in [0.4, 0.5) is 0 Å². The van der Waals surface area contributed by atoms with Gasteiger partial charge in [-0.05, 0) is 25.2 Å². The van der Waals surface area contributed by atoms with Gasteiger partial charge in [0.2, 0.25) is 0 Å². The van der Waals surface area contributed by atoms with E-state index in [1.807, 2.05) is 0 Å². The normalized spacial score (nSPS) is 19.1. The van der Waals surface area contributed by atoms with E-state index in [1.54, 1.807) is 0 Å². The van der Waals surface area contributed by atoms with Gasteiger partial charge in [-0.1, -0.05) is 26.2 Å². The Bertz CT molecular complexity index is 188. The highest BCUT2D eigenvalue weighted by Gasteiger charge is 2.21. The van der Waals surface area contributed by atoms with Crippen LogP contribution in [-0.4, -0.2) is 19.1 Å². The van der Waals surface area contributed by atoms with Crippen molar-refractivity contribution in [2.75, 3.05) is 13.2 Å². The van der Waals surface area contributed by atoms with Gasteiger partial charge in [0, 0.05) is 6.54 Å². The minimum Gasteiger partial charge on any atom is -0.465 e. The Kier molecular flexibility index (Phi) is 5.69. The lowest BCUT2D eigenvalue weighted by atomic mass is 10.0. The van der Waals surface area contributed by atoms with E-state index in [1.165, 1.54) is 25.7 Å². The Labute approximate surface area is 92.4 Å². The maximum absolute atomic E-state index is 11.6. The Hall–Kier alpha value is -0.570. The molecule has 0 saturated heterocycles. The third kappa shape index (κ3) is 4.20. The van der Waals surface area contributed by atoms with E-state index >= 15 is 0 Å². The summed E-state index contributed by atoms with van der Waals surface area (Å²) in [5, 5.41) is 0. The summed E-state index contributed by atoms with van der Waals surface area (Å²) in [5.41, 5.74) is 5.54. The van der Waals surface area contributed by atoms with Crippen molar-refractivity contribution in [1.82, 2.24) is 0 Å². The van der Waals surface area contributed by atoms with Gasteiger partial charge in [-0.15, -0.1) is 0 Å². The van der Waals surface area contributed by atoms with Gasteiger partial charge in [0.15, 0.2) is 0 Å². The van der Waals surface area contributed by atoms with Gasteiger partial charge in [0.25, 0.3) is 0 Å². The largest absolute Gasteiger partial charge is 0.465 e. The molecule has 1 fully saturated rings. The van der Waals surface area contributed by atoms with Crippen LogP contribution in [0.2, 0.25) is 0 Å². The molecular weight excluding hydrogens is 190 g/mol. The van der Waals surface area contributed by atoms with E-state index in [0.29, 0.717) is 19.1 Å². The van der Waals surface area contributed by atoms with Crippen LogP contribution in [0.5, 0.6) is 0 Å². The predicted molar refractivity (Wildman–Crippen MR) is 60.4 cm³/mol. The fraction of sp³-hybridized carbons (Fsp3) is 0.917. The molecule has 1 atom stereocenters. The average molecular weight is 213 g/mol. The molecule has 0 aliphatic heterocycles. The first kappa shape index (κ1) is 12.5. The number of hydrogen-bond donors (Lipinski definition) is 1. The third-order valence-electron chi connectivity index (χ3n) is 3.19. The first-order valence-corrected chi connectivity index (χ1v) is 6.14. The molecule has 2 N–H and O–H groups in total. The van der Waals surface area contributed by atoms with Crippen LogP contribution in [0.1, 0.15) is 45.4 Å². The number of carbonyl (C=O) groups is 1. The van der Waals surface area contributed by atoms with Gasteiger partial charge < -0.3 is 10.5 Å². The second-order valence-corrected chi connectivity index (χ2v) is 4.50. The molecular formula is C12H23NO2. The fourth-order valence-corrected chi connectivity index (χ4v) is 2.18. The molecule has 0 amide bonds. The monoisotopic (exact) mass is 213 g/mol. The van der Waals surface area contributed by atoms with Gasteiger partial charge in [-0.2, -0.15) is 0 Å². The summed E-state index contributed by atoms with van der Waals surface area (Å²) in [5.74, 6) is 0.427. The number of rotatable bonds is 6. The standard InChI is InChI=1S/C12H23NO2/c1-2-5-11(8-13)12(14)15-9-10-6-3-4-7-10/h10-11H,2-9,13H2,1H3. The molecule has 0 aromatic rings. The minimum absolute atomic E-state index is 0.0867. The molecule has 3 heteroatoms. The first-order valence-electron chi connectivity index (χ1n) is 6.14. The zero-order chi connectivity index (χ0) is 11.1. The van der Waals surface area contributed by atoms with Crippen LogP contribution >= 0.6 is 0 Å². The highest BCUT2D eigenvalue weighted by Crippen LogP contribution is 2.25. The number of carbonyl (C=O) groups excluding carboxylic acids is 1. The molecule has 0 spiro atoms. The summed E-state index contributed by atoms with van der Waals surface area (Å²) in [6, 6.07) is 0. The summed E-state index contributed by atoms with van der Waals surface area (Å²) in [6.45, 7) is 3.09. The van der Waals surface area contributed by atoms with Gasteiger partial charge in [-0.25, -0.2) is 0 Å². The van der Waals surface area contributed by atoms with E-state index in [0.717, 1.165) is 12.8 Å². The number of ether oxygens (including phenoxy) is 1. The molecule has 0 bridgehead atoms. The first-order chi connectivity index (χ1) is 7.27. The van der Waals surface area contributed by atoms with Crippen LogP contribution in [0.15, 0.2) is 0 Å². The summed E-state index contributed by atoms with van der Waals surface area (Å²) < 4.78 is 5.31. The van der Waals surface area contributed by atoms with Gasteiger partial charge in [-0.3, -0.25) is 4.79 Å². The van der Waals surface area contributed by atoms with Crippen molar-refractivity contribution < 1.29 is 9.53 Å². The molecule has 0 radical (unpaired) electrons. The molecule has 1 aliphatic rings. The number of hydrogen-bond acceptors (Lipinski definition) is 3. The Morgan fingerprint density at radius 3 is 2.67 bits per heavy atom. The molecule has 15 heavy (non-hydrogen) atoms. The van der Waals surface area contributed by atoms with Crippen molar-refractivity contribution >= 4 is 5.97 Å². The summed E-state index contributed by atoms with van der Waals surface area (Å²) in [7, 11) is 0. The van der Waals surface area contributed by atoms with Crippen LogP contribution in [0, 0.1) is 11.8 Å². The van der Waals surface area contributed by atoms with Crippen molar-refractivity contribution in [2.45, 2.75) is 45.4 Å². The Morgan fingerprint density at radius 1 is 1.47 bits per heavy atom. The van der Waals surface area contributed by atoms with Crippen molar-refractivity contribution in [2.24, 2.45) is 17.6 Å². The highest BCUT2D eigenvalue weighted by atomic mass is 16.5. The molecule has 1 aliphatic carbocycles. The number of esters is 1. The minimum atomic E-state index is -0.0914. The highest BCUT2D eigenvalue weighted by molar-refractivity contribution is 5.72. The van der Waals surface area contributed by atoms with Crippen molar-refractivity contribution in [3.05, 3.63) is 0 Å². The molecule has 88 valence electrons. The summed E-state index contributed by atoms with van der Waals surface area (Å²) in [4.78, 5) is 11.6. The van der Waals surface area contributed by atoms with Crippen molar-refractivity contribution in [3.63, 3.8) is 0 Å². The molecule has 1 unspecified atom stereocenters. The maximum atomic E-state index is 11.6. The molecule has 1 saturated carbocycles. The number of nitrogens with two attached hydrogens (primary N) is 1. The van der Waals surface area contributed by atoms with Crippen LogP contribution in [0.3, 0.4) is 0 Å². The van der Waals surface area contributed by atoms with Crippen molar-refractivity contribution in [3.8, 4) is 0 Å². The van der Waals surface area contributed by atoms with Crippen LogP contribution in [-0.2, 0) is 9.53 Å². The lowest BCUT2D eigenvalue weighted by Gasteiger charge is -2.15. The van der Waals surface area contributed by atoms with E-state index in [-0.39, 0.29) is 11.9 Å². The average Bonchev–Trinajstić information content (AvgIpc) is 2.75. The van der Waals surface area contributed by atoms with Gasteiger partial charge >= 0.3 is 5.97 Å². The second kappa shape index (κ2) is 6.83. The Balaban J connectivity index is 2.20. The molecule has 0 aromatic carbocycles. The predicted octanol–water partition coefficient (Wildman–Crippen LogP) is 2.09. The van der Waals surface area contributed by atoms with Crippen LogP contribution in [0.25, 0.3) is 0 Å². The van der Waals surface area contributed by atoms with E-state index in [2.05, 4.69) is 6.92 Å². The quantitative estimate of drug-likeness (QED) is 0.687. The zero-order valence-corrected chi connectivity index (χ0v) is 9.71. The lowest BCUT2D eigenvalue weighted by molar-refractivity contribution is -0.149. The van der Waals surface area contributed by atoms with E-state index < -0.39 is 0 Å². The molecule has 0 heterocycles. The SMILES string of the molecule is CCCC(CN)C(=O)OCC1CCCC1. The summed E-state index contributed by atoms with van der Waals surface area (Å²) >= 11 is 0. The van der Waals surface area contributed by atoms with Crippen LogP contribution < -0.4 is 5.73 Å². The molecule has 3 nitrogen and oxygen atoms in total. The maximum Gasteiger partial charge on any atom is 0.310 e. The Morgan fingerprint density at radius 2 is 2.13 bits per heavy atom.